The molecule has 3 rings (SSSR count). The minimum absolute atomic E-state index is 0.261. The molecule has 0 amide bonds. The number of nitrogens with zero attached hydrogens (tertiary/aromatic N) is 4. The van der Waals surface area contributed by atoms with Gasteiger partial charge in [-0.05, 0) is 35.7 Å². The van der Waals surface area contributed by atoms with Gasteiger partial charge in [-0.15, -0.1) is 5.10 Å². The minimum atomic E-state index is 0.261. The van der Waals surface area contributed by atoms with E-state index in [0.717, 1.165) is 22.0 Å². The van der Waals surface area contributed by atoms with Gasteiger partial charge < -0.3 is 4.74 Å². The van der Waals surface area contributed by atoms with Crippen LogP contribution in [-0.2, 0) is 0 Å². The second kappa shape index (κ2) is 6.79. The third-order valence-corrected chi connectivity index (χ3v) is 4.17. The fourth-order valence-corrected chi connectivity index (χ4v) is 3.03. The molecule has 3 aromatic rings. The van der Waals surface area contributed by atoms with Crippen LogP contribution < -0.4 is 4.74 Å². The Bertz CT molecular complexity index is 751. The van der Waals surface area contributed by atoms with Crippen LogP contribution in [0, 0.1) is 0 Å². The van der Waals surface area contributed by atoms with Crippen LogP contribution >= 0.6 is 11.8 Å². The third-order valence-electron chi connectivity index (χ3n) is 3.27. The molecule has 0 saturated carbocycles. The molecule has 114 valence electrons. The van der Waals surface area contributed by atoms with Gasteiger partial charge in [0, 0.05) is 11.1 Å². The fraction of sp³-hybridized carbons (Fsp3) is 0.312. The summed E-state index contributed by atoms with van der Waals surface area (Å²) in [5, 5.41) is 14.9. The molecule has 5 nitrogen and oxygen atoms in total. The van der Waals surface area contributed by atoms with Gasteiger partial charge in [-0.3, -0.25) is 0 Å². The van der Waals surface area contributed by atoms with Gasteiger partial charge in [0.2, 0.25) is 5.16 Å². The van der Waals surface area contributed by atoms with Crippen molar-refractivity contribution in [3.05, 3.63) is 42.5 Å². The first kappa shape index (κ1) is 14.8. The van der Waals surface area contributed by atoms with E-state index in [4.69, 9.17) is 4.74 Å². The summed E-state index contributed by atoms with van der Waals surface area (Å²) >= 11 is 1.61. The number of ether oxygens (including phenoxy) is 1. The number of thioether (sulfide) groups is 1. The normalized spacial score (nSPS) is 11.2. The van der Waals surface area contributed by atoms with Gasteiger partial charge >= 0.3 is 0 Å². The van der Waals surface area contributed by atoms with Crippen molar-refractivity contribution in [2.24, 2.45) is 0 Å². The van der Waals surface area contributed by atoms with E-state index < -0.39 is 0 Å². The van der Waals surface area contributed by atoms with Crippen LogP contribution in [0.15, 0.2) is 47.6 Å². The Morgan fingerprint density at radius 3 is 2.82 bits per heavy atom. The molecule has 0 N–H and O–H groups in total. The monoisotopic (exact) mass is 314 g/mol. The molecular formula is C16H18N4OS. The fourth-order valence-electron chi connectivity index (χ4n) is 2.21. The summed E-state index contributed by atoms with van der Waals surface area (Å²) in [7, 11) is 0. The second-order valence-electron chi connectivity index (χ2n) is 5.17. The molecule has 0 spiro atoms. The molecule has 22 heavy (non-hydrogen) atoms. The highest BCUT2D eigenvalue weighted by Gasteiger charge is 2.09. The summed E-state index contributed by atoms with van der Waals surface area (Å²) in [5.74, 6) is 1.72. The van der Waals surface area contributed by atoms with E-state index in [2.05, 4.69) is 47.6 Å². The minimum Gasteiger partial charge on any atom is -0.492 e. The van der Waals surface area contributed by atoms with Crippen LogP contribution in [0.1, 0.15) is 19.9 Å². The summed E-state index contributed by atoms with van der Waals surface area (Å²) < 4.78 is 7.74. The molecule has 0 aliphatic heterocycles. The molecule has 1 aromatic heterocycles. The number of aromatic nitrogens is 4. The molecule has 0 atom stereocenters. The number of hydrogen-bond donors (Lipinski definition) is 0. The zero-order chi connectivity index (χ0) is 15.4. The second-order valence-corrected chi connectivity index (χ2v) is 6.24. The highest BCUT2D eigenvalue weighted by molar-refractivity contribution is 7.99. The lowest BCUT2D eigenvalue weighted by atomic mass is 10.1. The number of fused-ring (bicyclic) bond motifs is 1. The molecule has 0 aliphatic rings. The van der Waals surface area contributed by atoms with E-state index >= 15 is 0 Å². The lowest BCUT2D eigenvalue weighted by Crippen LogP contribution is -2.06. The highest BCUT2D eigenvalue weighted by Crippen LogP contribution is 2.25. The molecular weight excluding hydrogens is 296 g/mol. The highest BCUT2D eigenvalue weighted by atomic mass is 32.2. The summed E-state index contributed by atoms with van der Waals surface area (Å²) in [6, 6.07) is 14.6. The average Bonchev–Trinajstić information content (AvgIpc) is 3.00. The van der Waals surface area contributed by atoms with Crippen LogP contribution in [0.4, 0.5) is 0 Å². The topological polar surface area (TPSA) is 52.8 Å². The van der Waals surface area contributed by atoms with Crippen molar-refractivity contribution in [2.75, 3.05) is 12.4 Å². The van der Waals surface area contributed by atoms with Gasteiger partial charge in [-0.25, -0.2) is 4.68 Å². The van der Waals surface area contributed by atoms with Crippen molar-refractivity contribution in [1.82, 2.24) is 20.2 Å². The summed E-state index contributed by atoms with van der Waals surface area (Å²) in [6.45, 7) is 4.74. The summed E-state index contributed by atoms with van der Waals surface area (Å²) in [4.78, 5) is 0. The molecule has 2 aromatic carbocycles. The molecule has 0 bridgehead atoms. The van der Waals surface area contributed by atoms with Crippen molar-refractivity contribution in [3.63, 3.8) is 0 Å². The van der Waals surface area contributed by atoms with Gasteiger partial charge in [0.1, 0.15) is 5.75 Å². The van der Waals surface area contributed by atoms with Crippen molar-refractivity contribution in [2.45, 2.75) is 25.0 Å². The van der Waals surface area contributed by atoms with Crippen molar-refractivity contribution >= 4 is 22.5 Å². The third kappa shape index (κ3) is 3.22. The Hall–Kier alpha value is -2.08. The first-order chi connectivity index (χ1) is 10.8. The first-order valence-corrected chi connectivity index (χ1v) is 8.25. The lowest BCUT2D eigenvalue weighted by Gasteiger charge is -2.10. The van der Waals surface area contributed by atoms with E-state index in [9.17, 15) is 0 Å². The van der Waals surface area contributed by atoms with Crippen LogP contribution in [0.5, 0.6) is 5.75 Å². The van der Waals surface area contributed by atoms with Gasteiger partial charge in [0.05, 0.1) is 12.6 Å². The predicted molar refractivity (Wildman–Crippen MR) is 88.4 cm³/mol. The van der Waals surface area contributed by atoms with E-state index in [1.165, 1.54) is 5.39 Å². The molecule has 6 heteroatoms. The Balaban J connectivity index is 1.60. The standard InChI is InChI=1S/C16H18N4OS/c1-12(2)20-16(17-18-19-20)22-11-10-21-15-9-5-7-13-6-3-4-8-14(13)15/h3-9,12H,10-11H2,1-2H3. The Morgan fingerprint density at radius 2 is 1.95 bits per heavy atom. The lowest BCUT2D eigenvalue weighted by molar-refractivity contribution is 0.348. The Morgan fingerprint density at radius 1 is 1.14 bits per heavy atom. The molecule has 1 heterocycles. The number of hydrogen-bond acceptors (Lipinski definition) is 5. The van der Waals surface area contributed by atoms with E-state index in [1.807, 2.05) is 28.9 Å². The molecule has 0 fully saturated rings. The maximum atomic E-state index is 5.92. The molecule has 0 aliphatic carbocycles. The number of benzene rings is 2. The van der Waals surface area contributed by atoms with Crippen LogP contribution in [0.3, 0.4) is 0 Å². The average molecular weight is 314 g/mol. The van der Waals surface area contributed by atoms with Crippen LogP contribution in [-0.4, -0.2) is 32.6 Å². The summed E-state index contributed by atoms with van der Waals surface area (Å²) in [5.41, 5.74) is 0. The maximum absolute atomic E-state index is 5.92. The number of tetrazole rings is 1. The summed E-state index contributed by atoms with van der Waals surface area (Å²) in [6.07, 6.45) is 0. The van der Waals surface area contributed by atoms with Gasteiger partial charge in [0.15, 0.2) is 0 Å². The van der Waals surface area contributed by atoms with Crippen LogP contribution in [0.25, 0.3) is 10.8 Å². The van der Waals surface area contributed by atoms with Crippen molar-refractivity contribution < 1.29 is 4.74 Å². The molecule has 0 saturated heterocycles. The van der Waals surface area contributed by atoms with Gasteiger partial charge in [-0.1, -0.05) is 48.2 Å². The Kier molecular flexibility index (Phi) is 4.58. The quantitative estimate of drug-likeness (QED) is 0.514. The maximum Gasteiger partial charge on any atom is 0.209 e. The predicted octanol–water partition coefficient (Wildman–Crippen LogP) is 3.58. The first-order valence-electron chi connectivity index (χ1n) is 7.27. The van der Waals surface area contributed by atoms with Gasteiger partial charge in [0.25, 0.3) is 0 Å². The van der Waals surface area contributed by atoms with E-state index in [-0.39, 0.29) is 6.04 Å². The number of rotatable bonds is 6. The zero-order valence-electron chi connectivity index (χ0n) is 12.6. The SMILES string of the molecule is CC(C)n1nnnc1SCCOc1cccc2ccccc12. The molecule has 0 radical (unpaired) electrons. The van der Waals surface area contributed by atoms with Gasteiger partial charge in [-0.2, -0.15) is 0 Å². The van der Waals surface area contributed by atoms with Crippen molar-refractivity contribution in [3.8, 4) is 5.75 Å². The van der Waals surface area contributed by atoms with Crippen molar-refractivity contribution in [1.29, 1.82) is 0 Å². The molecule has 0 unspecified atom stereocenters. The smallest absolute Gasteiger partial charge is 0.209 e. The van der Waals surface area contributed by atoms with Crippen LogP contribution in [0.2, 0.25) is 0 Å². The Labute approximate surface area is 133 Å². The largest absolute Gasteiger partial charge is 0.492 e. The van der Waals surface area contributed by atoms with E-state index in [0.29, 0.717) is 6.61 Å². The zero-order valence-corrected chi connectivity index (χ0v) is 13.5. The van der Waals surface area contributed by atoms with E-state index in [1.54, 1.807) is 11.8 Å².